The zero-order chi connectivity index (χ0) is 18.8. The number of hydrogen-bond acceptors (Lipinski definition) is 6. The zero-order valence-electron chi connectivity index (χ0n) is 16.4. The molecule has 2 fully saturated rings. The van der Waals surface area contributed by atoms with E-state index in [9.17, 15) is 0 Å². The summed E-state index contributed by atoms with van der Waals surface area (Å²) >= 11 is 0. The molecule has 2 aliphatic heterocycles. The Morgan fingerprint density at radius 3 is 3.00 bits per heavy atom. The standard InChI is InChI=1S/C21H30N4O2/c1-14(2)18-11-20(27-24-18)19-8-5-9-25(19)13-16-12-22-23-21(16)15-6-4-7-17(10-15)26-3/h4,6-7,10-11,14,16,19,21-23H,5,8-9,12-13H2,1-3H3. The average Bonchev–Trinajstić information content (AvgIpc) is 3.42. The second-order valence-corrected chi connectivity index (χ2v) is 8.00. The van der Waals surface area contributed by atoms with E-state index in [2.05, 4.69) is 59.0 Å². The number of likely N-dealkylation sites (tertiary alicyclic amines) is 1. The fourth-order valence-electron chi connectivity index (χ4n) is 4.30. The van der Waals surface area contributed by atoms with Crippen LogP contribution in [0.25, 0.3) is 0 Å². The zero-order valence-corrected chi connectivity index (χ0v) is 16.4. The summed E-state index contributed by atoms with van der Waals surface area (Å²) in [5, 5.41) is 4.27. The summed E-state index contributed by atoms with van der Waals surface area (Å²) in [6.45, 7) is 7.41. The number of rotatable bonds is 6. The minimum atomic E-state index is 0.280. The highest BCUT2D eigenvalue weighted by molar-refractivity contribution is 5.31. The Morgan fingerprint density at radius 1 is 1.33 bits per heavy atom. The highest BCUT2D eigenvalue weighted by Gasteiger charge is 2.35. The summed E-state index contributed by atoms with van der Waals surface area (Å²) in [6, 6.07) is 11.1. The Hall–Kier alpha value is -1.89. The van der Waals surface area contributed by atoms with E-state index in [1.54, 1.807) is 7.11 Å². The predicted octanol–water partition coefficient (Wildman–Crippen LogP) is 3.41. The van der Waals surface area contributed by atoms with Gasteiger partial charge in [-0.15, -0.1) is 0 Å². The number of hydrazine groups is 1. The van der Waals surface area contributed by atoms with E-state index in [1.165, 1.54) is 12.0 Å². The molecule has 0 amide bonds. The molecule has 3 unspecified atom stereocenters. The maximum Gasteiger partial charge on any atom is 0.154 e. The van der Waals surface area contributed by atoms with Crippen LogP contribution in [0.2, 0.25) is 0 Å². The third kappa shape index (κ3) is 3.88. The first-order valence-electron chi connectivity index (χ1n) is 9.98. The van der Waals surface area contributed by atoms with Crippen LogP contribution in [0.4, 0.5) is 0 Å². The van der Waals surface area contributed by atoms with Crippen molar-refractivity contribution in [3.8, 4) is 5.75 Å². The van der Waals surface area contributed by atoms with E-state index in [0.717, 1.165) is 43.3 Å². The summed E-state index contributed by atoms with van der Waals surface area (Å²) in [4.78, 5) is 2.57. The van der Waals surface area contributed by atoms with Gasteiger partial charge in [-0.05, 0) is 43.0 Å². The molecule has 0 bridgehead atoms. The summed E-state index contributed by atoms with van der Waals surface area (Å²) in [6.07, 6.45) is 2.35. The topological polar surface area (TPSA) is 62.6 Å². The number of aromatic nitrogens is 1. The number of benzene rings is 1. The highest BCUT2D eigenvalue weighted by Crippen LogP contribution is 2.36. The molecular weight excluding hydrogens is 340 g/mol. The number of hydrogen-bond donors (Lipinski definition) is 2. The summed E-state index contributed by atoms with van der Waals surface area (Å²) in [5.74, 6) is 2.82. The molecule has 2 aliphatic rings. The van der Waals surface area contributed by atoms with E-state index in [-0.39, 0.29) is 6.04 Å². The lowest BCUT2D eigenvalue weighted by molar-refractivity contribution is 0.182. The van der Waals surface area contributed by atoms with E-state index in [4.69, 9.17) is 9.26 Å². The minimum absolute atomic E-state index is 0.280. The van der Waals surface area contributed by atoms with Crippen molar-refractivity contribution in [1.82, 2.24) is 20.9 Å². The predicted molar refractivity (Wildman–Crippen MR) is 105 cm³/mol. The molecule has 0 saturated carbocycles. The average molecular weight is 370 g/mol. The lowest BCUT2D eigenvalue weighted by Gasteiger charge is -2.28. The van der Waals surface area contributed by atoms with Gasteiger partial charge in [-0.2, -0.15) is 0 Å². The molecule has 2 saturated heterocycles. The molecule has 2 N–H and O–H groups in total. The van der Waals surface area contributed by atoms with Crippen molar-refractivity contribution in [2.75, 3.05) is 26.7 Å². The van der Waals surface area contributed by atoms with Crippen LogP contribution in [0.3, 0.4) is 0 Å². The molecule has 6 heteroatoms. The third-order valence-electron chi connectivity index (χ3n) is 5.85. The number of nitrogens with one attached hydrogen (secondary N) is 2. The lowest BCUT2D eigenvalue weighted by Crippen LogP contribution is -2.32. The lowest BCUT2D eigenvalue weighted by atomic mass is 9.94. The first-order chi connectivity index (χ1) is 13.2. The van der Waals surface area contributed by atoms with Gasteiger partial charge in [-0.25, -0.2) is 5.43 Å². The van der Waals surface area contributed by atoms with Gasteiger partial charge < -0.3 is 9.26 Å². The monoisotopic (exact) mass is 370 g/mol. The largest absolute Gasteiger partial charge is 0.497 e. The number of nitrogens with zero attached hydrogens (tertiary/aromatic N) is 2. The molecular formula is C21H30N4O2. The number of methoxy groups -OCH3 is 1. The first-order valence-corrected chi connectivity index (χ1v) is 9.98. The maximum atomic E-state index is 5.71. The summed E-state index contributed by atoms with van der Waals surface area (Å²) < 4.78 is 11.1. The van der Waals surface area contributed by atoms with E-state index < -0.39 is 0 Å². The van der Waals surface area contributed by atoms with Crippen molar-refractivity contribution in [3.05, 3.63) is 47.3 Å². The molecule has 0 spiro atoms. The van der Waals surface area contributed by atoms with E-state index >= 15 is 0 Å². The van der Waals surface area contributed by atoms with Crippen molar-refractivity contribution in [2.45, 2.75) is 44.7 Å². The van der Waals surface area contributed by atoms with Crippen LogP contribution in [0, 0.1) is 5.92 Å². The smallest absolute Gasteiger partial charge is 0.154 e. The van der Waals surface area contributed by atoms with Crippen LogP contribution in [0.15, 0.2) is 34.9 Å². The molecule has 2 aromatic rings. The summed E-state index contributed by atoms with van der Waals surface area (Å²) in [7, 11) is 1.72. The van der Waals surface area contributed by atoms with Crippen molar-refractivity contribution in [3.63, 3.8) is 0 Å². The maximum absolute atomic E-state index is 5.71. The fourth-order valence-corrected chi connectivity index (χ4v) is 4.30. The van der Waals surface area contributed by atoms with Gasteiger partial charge in [0.1, 0.15) is 5.75 Å². The molecule has 6 nitrogen and oxygen atoms in total. The Kier molecular flexibility index (Phi) is 5.48. The second-order valence-electron chi connectivity index (χ2n) is 8.00. The van der Waals surface area contributed by atoms with Crippen molar-refractivity contribution in [1.29, 1.82) is 0 Å². The Bertz CT molecular complexity index is 760. The van der Waals surface area contributed by atoms with Crippen molar-refractivity contribution in [2.24, 2.45) is 5.92 Å². The molecule has 4 rings (SSSR count). The quantitative estimate of drug-likeness (QED) is 0.813. The van der Waals surface area contributed by atoms with Gasteiger partial charge >= 0.3 is 0 Å². The van der Waals surface area contributed by atoms with Crippen molar-refractivity contribution < 1.29 is 9.26 Å². The fraction of sp³-hybridized carbons (Fsp3) is 0.571. The number of ether oxygens (including phenoxy) is 1. The van der Waals surface area contributed by atoms with Crippen LogP contribution < -0.4 is 15.6 Å². The summed E-state index contributed by atoms with van der Waals surface area (Å²) in [5.41, 5.74) is 9.12. The normalized spacial score (nSPS) is 26.1. The molecule has 27 heavy (non-hydrogen) atoms. The minimum Gasteiger partial charge on any atom is -0.497 e. The highest BCUT2D eigenvalue weighted by atomic mass is 16.5. The molecule has 3 atom stereocenters. The third-order valence-corrected chi connectivity index (χ3v) is 5.85. The molecule has 3 heterocycles. The molecule has 146 valence electrons. The van der Waals surface area contributed by atoms with E-state index in [1.807, 2.05) is 6.07 Å². The Labute approximate surface area is 161 Å². The Morgan fingerprint density at radius 2 is 2.22 bits per heavy atom. The molecule has 0 aliphatic carbocycles. The second kappa shape index (κ2) is 8.00. The van der Waals surface area contributed by atoms with Gasteiger partial charge in [0.25, 0.3) is 0 Å². The first kappa shape index (κ1) is 18.5. The van der Waals surface area contributed by atoms with Crippen LogP contribution in [-0.2, 0) is 0 Å². The van der Waals surface area contributed by atoms with Crippen molar-refractivity contribution >= 4 is 0 Å². The Balaban J connectivity index is 1.48. The van der Waals surface area contributed by atoms with Gasteiger partial charge in [-0.1, -0.05) is 31.1 Å². The van der Waals surface area contributed by atoms with Crippen LogP contribution in [-0.4, -0.2) is 36.8 Å². The van der Waals surface area contributed by atoms with Crippen LogP contribution >= 0.6 is 0 Å². The van der Waals surface area contributed by atoms with Crippen LogP contribution in [0.5, 0.6) is 5.75 Å². The van der Waals surface area contributed by atoms with Gasteiger partial charge in [0.15, 0.2) is 5.76 Å². The van der Waals surface area contributed by atoms with Crippen LogP contribution in [0.1, 0.15) is 61.7 Å². The van der Waals surface area contributed by atoms with Gasteiger partial charge in [0.2, 0.25) is 0 Å². The SMILES string of the molecule is COc1cccc(C2NNCC2CN2CCCC2c2cc(C(C)C)no2)c1. The van der Waals surface area contributed by atoms with Gasteiger partial charge in [0.05, 0.1) is 24.9 Å². The van der Waals surface area contributed by atoms with Gasteiger partial charge in [-0.3, -0.25) is 10.3 Å². The van der Waals surface area contributed by atoms with Gasteiger partial charge in [0, 0.05) is 25.1 Å². The van der Waals surface area contributed by atoms with E-state index in [0.29, 0.717) is 17.9 Å². The molecule has 1 aromatic carbocycles. The molecule has 0 radical (unpaired) electrons. The molecule has 1 aromatic heterocycles.